The molecule has 0 bridgehead atoms. The van der Waals surface area contributed by atoms with E-state index in [1.807, 2.05) is 78.9 Å². The summed E-state index contributed by atoms with van der Waals surface area (Å²) in [4.78, 5) is 63.4. The number of allylic oxidation sites excluding steroid dienone is 8. The summed E-state index contributed by atoms with van der Waals surface area (Å²) in [7, 11) is 0. The molecule has 3 aromatic heterocycles. The van der Waals surface area contributed by atoms with Gasteiger partial charge in [-0.2, -0.15) is 24.3 Å². The van der Waals surface area contributed by atoms with Crippen LogP contribution in [0, 0.1) is 132 Å². The third kappa shape index (κ3) is 42.0. The Bertz CT molecular complexity index is 6280. The molecular formula is C114H112Ir4N5O8Pt-5. The number of benzene rings is 12. The predicted octanol–water partition coefficient (Wildman–Crippen LogP) is 28.1. The van der Waals surface area contributed by atoms with Crippen molar-refractivity contribution in [2.45, 2.75) is 145 Å². The fourth-order valence-electron chi connectivity index (χ4n) is 13.3. The number of aromatic nitrogens is 3. The first-order chi connectivity index (χ1) is 60.3. The summed E-state index contributed by atoms with van der Waals surface area (Å²) in [5, 5.41) is 39.6. The molecule has 3 heterocycles. The molecule has 15 rings (SSSR count). The van der Waals surface area contributed by atoms with Crippen molar-refractivity contribution < 1.29 is 141 Å². The van der Waals surface area contributed by atoms with E-state index in [2.05, 4.69) is 300 Å². The fourth-order valence-corrected chi connectivity index (χ4v) is 13.3. The van der Waals surface area contributed by atoms with Crippen LogP contribution in [0.1, 0.15) is 139 Å². The van der Waals surface area contributed by atoms with Gasteiger partial charge in [0.25, 0.3) is 0 Å². The molecule has 0 aliphatic heterocycles. The first-order valence-electron chi connectivity index (χ1n) is 41.5. The van der Waals surface area contributed by atoms with E-state index in [1.165, 1.54) is 162 Å². The topological polar surface area (TPSA) is 213 Å². The number of hydrogen-bond donors (Lipinski definition) is 4. The second-order valence-corrected chi connectivity index (χ2v) is 31.3. The number of rotatable bonds is 12. The molecule has 0 spiro atoms. The second-order valence-electron chi connectivity index (χ2n) is 31.3. The molecule has 4 N–H and O–H groups in total. The number of nitrogens with zero attached hydrogens (tertiary/aromatic N) is 5. The van der Waals surface area contributed by atoms with E-state index in [1.54, 1.807) is 12.4 Å². The maximum Gasteiger partial charge on any atom is 2.00 e. The number of pyridine rings is 3. The van der Waals surface area contributed by atoms with Crippen molar-refractivity contribution in [2.75, 3.05) is 0 Å². The van der Waals surface area contributed by atoms with Gasteiger partial charge in [0.1, 0.15) is 0 Å². The van der Waals surface area contributed by atoms with Crippen LogP contribution in [0.4, 0.5) is 11.4 Å². The average molecular weight is 2640 g/mol. The number of carbonyl (C=O) groups excluding carboxylic acids is 4. The summed E-state index contributed by atoms with van der Waals surface area (Å²) >= 11 is 0. The van der Waals surface area contributed by atoms with Crippen LogP contribution in [0.15, 0.2) is 294 Å². The van der Waals surface area contributed by atoms with Gasteiger partial charge in [-0.15, -0.1) is 217 Å². The molecule has 4 radical (unpaired) electrons. The molecule has 0 aliphatic carbocycles. The Labute approximate surface area is 848 Å². The molecule has 0 aliphatic rings. The van der Waals surface area contributed by atoms with Gasteiger partial charge in [0.15, 0.2) is 23.1 Å². The van der Waals surface area contributed by atoms with E-state index in [9.17, 15) is 19.2 Å². The van der Waals surface area contributed by atoms with E-state index in [0.717, 1.165) is 101 Å². The molecule has 0 amide bonds. The van der Waals surface area contributed by atoms with Crippen LogP contribution in [-0.2, 0) is 121 Å². The molecule has 0 saturated carbocycles. The van der Waals surface area contributed by atoms with Gasteiger partial charge >= 0.3 is 21.1 Å². The minimum absolute atomic E-state index is 0. The van der Waals surface area contributed by atoms with Crippen molar-refractivity contribution in [1.29, 1.82) is 0 Å². The second kappa shape index (κ2) is 59.2. The molecule has 0 unspecified atom stereocenters. The summed E-state index contributed by atoms with van der Waals surface area (Å²) in [5.41, 5.74) is 31.1. The maximum absolute atomic E-state index is 10.0. The Hall–Kier alpha value is -11.4. The molecule has 0 atom stereocenters. The molecule has 12 aromatic carbocycles. The van der Waals surface area contributed by atoms with E-state index in [-0.39, 0.29) is 148 Å². The van der Waals surface area contributed by atoms with E-state index < -0.39 is 0 Å². The van der Waals surface area contributed by atoms with Gasteiger partial charge in [0.05, 0.1) is 51.0 Å². The number of aliphatic imine (C=N–C) groups is 2. The zero-order valence-corrected chi connectivity index (χ0v) is 90.1. The fraction of sp³-hybridized carbons (Fsp3) is 0.184. The Morgan fingerprint density at radius 2 is 0.629 bits per heavy atom. The normalized spacial score (nSPS) is 10.7. The van der Waals surface area contributed by atoms with Gasteiger partial charge in [-0.1, -0.05) is 151 Å². The number of aliphatic hydroxyl groups excluding tert-OH is 4. The summed E-state index contributed by atoms with van der Waals surface area (Å²) in [6.07, 6.45) is 8.26. The first-order valence-corrected chi connectivity index (χ1v) is 41.5. The SMILES string of the molecule is CC(=O)C=C(C)O.CC(=O)C=C(C)O.CC(=O)C=C(C)O.CC(=O)C=C(C)O.Cc1[c-]c(-c2[c-]ccc3cc(C)ccc23)cc(C)c1.Cc1[c-]c(-c2ccc3c(C)cc(C)cc3n2)cc(C)c1.Cc1[c-]c(-c2ccc3cc(C)ccc3n2)cc(C)c1.Cc1[c-]c(-c2ccc3ccc(C)cc3n2)cc(C)c1.[Ir].[Ir].[Ir].[Ir].[Pt+2].[c-]1ccccc1C=Nc1ccccc1N=Cc1[c-]cccc1. The van der Waals surface area contributed by atoms with Crippen molar-refractivity contribution >= 4 is 90.4 Å². The van der Waals surface area contributed by atoms with E-state index >= 15 is 0 Å². The van der Waals surface area contributed by atoms with Crippen molar-refractivity contribution in [3.8, 4) is 44.9 Å². The molecule has 13 nitrogen and oxygen atoms in total. The standard InChI is InChI=1S/C20H14N2.C19H18N.C19H16.2C18H16N.4C5H8O2.4Ir.Pt/c1-3-9-17(10-4-1)15-21-19-13-7-8-14-20(19)22-16-18-11-5-2-6-12-18;1-12-7-13(2)10-16(9-12)18-6-5-17-15(4)8-14(3)11-19(17)20-18;1-13-7-8-19-16(10-13)5-4-6-18(19)17-11-14(2)9-15(3)12-17;1-12-4-6-17-15(9-12)5-7-18(19-17)16-10-13(2)8-14(3)11-16;1-12-4-5-15-6-7-17(19-18(15)11-12)16-9-13(2)8-14(3)10-16;4*1-4(6)3-5(2)7;;;;;/h1-9,11,13-16H;5-9,11H,1-4H3;4-5,7-11H,1-3H3;4-10H,1-3H3;4-9,11H,1-3H3;4*3,6H,1-2H3;;;;;/q-2;-1;-2;2*-1;;;;;;;;;+2. The maximum atomic E-state index is 10.0. The molecule has 692 valence electrons. The molecule has 0 fully saturated rings. The van der Waals surface area contributed by atoms with E-state index in [0.29, 0.717) is 0 Å². The van der Waals surface area contributed by atoms with Gasteiger partial charge in [-0.05, 0) is 183 Å². The van der Waals surface area contributed by atoms with E-state index in [4.69, 9.17) is 35.4 Å². The Kier molecular flexibility index (Phi) is 52.3. The summed E-state index contributed by atoms with van der Waals surface area (Å²) in [6, 6.07) is 104. The third-order valence-corrected chi connectivity index (χ3v) is 18.2. The third-order valence-electron chi connectivity index (χ3n) is 18.2. The Morgan fingerprint density at radius 3 is 1.03 bits per heavy atom. The van der Waals surface area contributed by atoms with Crippen LogP contribution in [0.5, 0.6) is 0 Å². The molecule has 18 heteroatoms. The van der Waals surface area contributed by atoms with Gasteiger partial charge in [0.2, 0.25) is 0 Å². The van der Waals surface area contributed by atoms with Crippen LogP contribution in [-0.4, -0.2) is 70.9 Å². The minimum Gasteiger partial charge on any atom is -0.512 e. The summed E-state index contributed by atoms with van der Waals surface area (Å²) in [6.45, 7) is 38.7. The van der Waals surface area contributed by atoms with Gasteiger partial charge in [0, 0.05) is 110 Å². The van der Waals surface area contributed by atoms with Gasteiger partial charge in [-0.3, -0.25) is 34.1 Å². The predicted molar refractivity (Wildman–Crippen MR) is 526 cm³/mol. The van der Waals surface area contributed by atoms with Gasteiger partial charge in [-0.25, -0.2) is 11.1 Å². The summed E-state index contributed by atoms with van der Waals surface area (Å²) in [5.74, 6) is -0.250. The Morgan fingerprint density at radius 1 is 0.295 bits per heavy atom. The number of hydrogen-bond acceptors (Lipinski definition) is 13. The zero-order chi connectivity index (χ0) is 93.0. The monoisotopic (exact) mass is 2650 g/mol. The van der Waals surface area contributed by atoms with Crippen LogP contribution < -0.4 is 0 Å². The number of ketones is 4. The Balaban J connectivity index is 0.000000516. The molecule has 15 aromatic rings. The molecular weight excluding hydrogens is 2530 g/mol. The number of fused-ring (bicyclic) bond motifs is 4. The van der Waals surface area contributed by atoms with Crippen LogP contribution >= 0.6 is 0 Å². The quantitative estimate of drug-likeness (QED) is 0.0391. The van der Waals surface area contributed by atoms with Crippen molar-refractivity contribution in [3.05, 3.63) is 410 Å². The van der Waals surface area contributed by atoms with Crippen LogP contribution in [0.3, 0.4) is 0 Å². The largest absolute Gasteiger partial charge is 2.00 e. The number of carbonyl (C=O) groups is 4. The first kappa shape index (κ1) is 117. The molecule has 132 heavy (non-hydrogen) atoms. The van der Waals surface area contributed by atoms with Crippen molar-refractivity contribution in [2.24, 2.45) is 9.98 Å². The number of para-hydroxylation sites is 2. The summed E-state index contributed by atoms with van der Waals surface area (Å²) < 4.78 is 0. The van der Waals surface area contributed by atoms with Crippen LogP contribution in [0.25, 0.3) is 88.4 Å². The number of aryl methyl sites for hydroxylation is 13. The number of aliphatic hydroxyl groups is 4. The minimum atomic E-state index is -0.125. The zero-order valence-electron chi connectivity index (χ0n) is 78.3. The average Bonchev–Trinajstić information content (AvgIpc) is 0.816. The van der Waals surface area contributed by atoms with Crippen molar-refractivity contribution in [3.63, 3.8) is 0 Å². The van der Waals surface area contributed by atoms with Gasteiger partial charge < -0.3 is 30.4 Å². The molecule has 0 saturated heterocycles. The van der Waals surface area contributed by atoms with Crippen molar-refractivity contribution in [1.82, 2.24) is 15.0 Å². The van der Waals surface area contributed by atoms with Crippen LogP contribution in [0.2, 0.25) is 0 Å². The smallest absolute Gasteiger partial charge is 0.512 e.